The van der Waals surface area contributed by atoms with Crippen LogP contribution in [0.2, 0.25) is 0 Å². The molecule has 1 amide bonds. The van der Waals surface area contributed by atoms with Crippen LogP contribution in [0.4, 0.5) is 0 Å². The van der Waals surface area contributed by atoms with E-state index >= 15 is 0 Å². The van der Waals surface area contributed by atoms with Crippen LogP contribution in [-0.4, -0.2) is 46.1 Å². The molecule has 1 fully saturated rings. The van der Waals surface area contributed by atoms with Crippen LogP contribution in [0.1, 0.15) is 51.0 Å². The minimum Gasteiger partial charge on any atom is -0.392 e. The minimum absolute atomic E-state index is 0.0708. The molecule has 1 aliphatic rings. The second kappa shape index (κ2) is 13.2. The number of carbonyl (C=O) groups excluding carboxylic acids is 1. The first-order chi connectivity index (χ1) is 14.5. The summed E-state index contributed by atoms with van der Waals surface area (Å²) in [6.45, 7) is 2.56. The Morgan fingerprint density at radius 1 is 1.27 bits per heavy atom. The average Bonchev–Trinajstić information content (AvgIpc) is 3.00. The maximum Gasteiger partial charge on any atom is 0.219 e. The van der Waals surface area contributed by atoms with Gasteiger partial charge in [-0.25, -0.2) is 0 Å². The van der Waals surface area contributed by atoms with Gasteiger partial charge in [0.25, 0.3) is 0 Å². The van der Waals surface area contributed by atoms with Crippen molar-refractivity contribution in [2.24, 2.45) is 5.92 Å². The third kappa shape index (κ3) is 8.29. The Hall–Kier alpha value is -2.17. The molecule has 0 spiro atoms. The number of benzene rings is 1. The first-order valence-corrected chi connectivity index (χ1v) is 11.0. The topological polar surface area (TPSA) is 89.8 Å². The Morgan fingerprint density at radius 2 is 2.03 bits per heavy atom. The monoisotopic (exact) mass is 413 g/mol. The van der Waals surface area contributed by atoms with E-state index in [1.54, 1.807) is 6.08 Å². The van der Waals surface area contributed by atoms with Gasteiger partial charge in [0.2, 0.25) is 5.91 Å². The summed E-state index contributed by atoms with van der Waals surface area (Å²) in [6, 6.07) is 9.99. The number of aliphatic hydroxyl groups is 3. The SMILES string of the molecule is CCNC(=O)CCC/C=C\C[C@@H]1C(=C=C[C@@H](O)CCc2ccccc2)[C@H](O)C[C@@H]1O. The van der Waals surface area contributed by atoms with E-state index in [-0.39, 0.29) is 11.8 Å². The molecule has 4 N–H and O–H groups in total. The van der Waals surface area contributed by atoms with Gasteiger partial charge in [-0.3, -0.25) is 4.79 Å². The van der Waals surface area contributed by atoms with Crippen LogP contribution >= 0.6 is 0 Å². The number of allylic oxidation sites excluding steroid dienone is 2. The van der Waals surface area contributed by atoms with E-state index in [0.29, 0.717) is 37.8 Å². The van der Waals surface area contributed by atoms with Crippen molar-refractivity contribution in [3.05, 3.63) is 65.4 Å². The van der Waals surface area contributed by atoms with Crippen LogP contribution in [-0.2, 0) is 11.2 Å². The van der Waals surface area contributed by atoms with Crippen LogP contribution < -0.4 is 5.32 Å². The molecule has 0 heterocycles. The van der Waals surface area contributed by atoms with Crippen molar-refractivity contribution in [1.82, 2.24) is 5.32 Å². The van der Waals surface area contributed by atoms with Crippen LogP contribution in [0.15, 0.2) is 59.9 Å². The highest BCUT2D eigenvalue weighted by molar-refractivity contribution is 5.75. The molecule has 1 aromatic carbocycles. The molecule has 0 aliphatic heterocycles. The van der Waals surface area contributed by atoms with Crippen molar-refractivity contribution >= 4 is 5.91 Å². The molecule has 1 aromatic rings. The summed E-state index contributed by atoms with van der Waals surface area (Å²) in [5.74, 6) is -0.126. The zero-order valence-corrected chi connectivity index (χ0v) is 17.8. The predicted molar refractivity (Wildman–Crippen MR) is 119 cm³/mol. The van der Waals surface area contributed by atoms with E-state index in [1.165, 1.54) is 5.56 Å². The molecule has 0 unspecified atom stereocenters. The maximum atomic E-state index is 11.4. The quantitative estimate of drug-likeness (QED) is 0.255. The normalized spacial score (nSPS) is 22.1. The third-order valence-electron chi connectivity index (χ3n) is 5.41. The van der Waals surface area contributed by atoms with Gasteiger partial charge in [0, 0.05) is 30.9 Å². The van der Waals surface area contributed by atoms with Gasteiger partial charge >= 0.3 is 0 Å². The largest absolute Gasteiger partial charge is 0.392 e. The number of rotatable bonds is 11. The Labute approximate surface area is 179 Å². The van der Waals surface area contributed by atoms with Crippen molar-refractivity contribution in [1.29, 1.82) is 0 Å². The van der Waals surface area contributed by atoms with Gasteiger partial charge in [0.05, 0.1) is 18.3 Å². The van der Waals surface area contributed by atoms with Crippen LogP contribution in [0, 0.1) is 5.92 Å². The molecule has 0 aromatic heterocycles. The van der Waals surface area contributed by atoms with E-state index < -0.39 is 18.3 Å². The summed E-state index contributed by atoms with van der Waals surface area (Å²) in [6.07, 6.45) is 7.98. The number of unbranched alkanes of at least 4 members (excludes halogenated alkanes) is 1. The molecular formula is C25H35NO4. The van der Waals surface area contributed by atoms with E-state index in [2.05, 4.69) is 11.0 Å². The fourth-order valence-corrected chi connectivity index (χ4v) is 3.72. The van der Waals surface area contributed by atoms with Crippen molar-refractivity contribution < 1.29 is 20.1 Å². The summed E-state index contributed by atoms with van der Waals surface area (Å²) in [4.78, 5) is 11.4. The lowest BCUT2D eigenvalue weighted by Crippen LogP contribution is -2.21. The van der Waals surface area contributed by atoms with Crippen LogP contribution in [0.5, 0.6) is 0 Å². The Kier molecular flexibility index (Phi) is 10.6. The molecule has 5 nitrogen and oxygen atoms in total. The van der Waals surface area contributed by atoms with Gasteiger partial charge in [-0.1, -0.05) is 42.5 Å². The molecule has 0 saturated heterocycles. The van der Waals surface area contributed by atoms with Crippen molar-refractivity contribution in [2.75, 3.05) is 6.54 Å². The highest BCUT2D eigenvalue weighted by Crippen LogP contribution is 2.34. The molecule has 1 aliphatic carbocycles. The molecule has 0 radical (unpaired) electrons. The number of amides is 1. The van der Waals surface area contributed by atoms with Crippen molar-refractivity contribution in [3.8, 4) is 0 Å². The zero-order chi connectivity index (χ0) is 21.8. The Balaban J connectivity index is 1.85. The highest BCUT2D eigenvalue weighted by atomic mass is 16.3. The standard InChI is InChI=1S/C25H35NO4/c1-2-26-25(30)13-9-4-3-8-12-21-22(24(29)18-23(21)28)17-16-20(27)15-14-19-10-6-5-7-11-19/h3,5-8,10-11,16,20-21,23-24,27-29H,2,4,9,12-15,18H2,1H3,(H,26,30)/b8-3-/t17?,20-,21+,23-,24+/m0/s1. The van der Waals surface area contributed by atoms with Gasteiger partial charge in [-0.2, -0.15) is 0 Å². The van der Waals surface area contributed by atoms with E-state index in [4.69, 9.17) is 0 Å². The Bertz CT molecular complexity index is 737. The van der Waals surface area contributed by atoms with Crippen molar-refractivity contribution in [3.63, 3.8) is 0 Å². The van der Waals surface area contributed by atoms with E-state index in [1.807, 2.05) is 49.4 Å². The minimum atomic E-state index is -0.728. The lowest BCUT2D eigenvalue weighted by molar-refractivity contribution is -0.121. The fraction of sp³-hybridized carbons (Fsp3) is 0.520. The molecule has 5 heteroatoms. The summed E-state index contributed by atoms with van der Waals surface area (Å²) in [5.41, 5.74) is 4.90. The zero-order valence-electron chi connectivity index (χ0n) is 17.8. The summed E-state index contributed by atoms with van der Waals surface area (Å²) >= 11 is 0. The van der Waals surface area contributed by atoms with Gasteiger partial charge in [0.1, 0.15) is 0 Å². The molecule has 0 bridgehead atoms. The molecule has 4 atom stereocenters. The summed E-state index contributed by atoms with van der Waals surface area (Å²) in [7, 11) is 0. The number of hydrogen-bond acceptors (Lipinski definition) is 4. The first kappa shape index (κ1) is 24.1. The Morgan fingerprint density at radius 3 is 2.77 bits per heavy atom. The molecule has 2 rings (SSSR count). The van der Waals surface area contributed by atoms with E-state index in [0.717, 1.165) is 19.3 Å². The maximum absolute atomic E-state index is 11.4. The number of nitrogens with one attached hydrogen (secondary N) is 1. The lowest BCUT2D eigenvalue weighted by Gasteiger charge is -2.13. The summed E-state index contributed by atoms with van der Waals surface area (Å²) < 4.78 is 0. The number of aliphatic hydroxyl groups excluding tert-OH is 3. The van der Waals surface area contributed by atoms with Gasteiger partial charge in [-0.15, -0.1) is 5.73 Å². The number of aryl methyl sites for hydroxylation is 1. The smallest absolute Gasteiger partial charge is 0.219 e. The molecule has 30 heavy (non-hydrogen) atoms. The van der Waals surface area contributed by atoms with Crippen LogP contribution in [0.25, 0.3) is 0 Å². The van der Waals surface area contributed by atoms with Gasteiger partial charge in [0.15, 0.2) is 0 Å². The summed E-state index contributed by atoms with van der Waals surface area (Å²) in [5, 5.41) is 33.6. The first-order valence-electron chi connectivity index (χ1n) is 11.0. The predicted octanol–water partition coefficient (Wildman–Crippen LogP) is 3.06. The van der Waals surface area contributed by atoms with Gasteiger partial charge < -0.3 is 20.6 Å². The number of hydrogen-bond donors (Lipinski definition) is 4. The molecular weight excluding hydrogens is 378 g/mol. The lowest BCUT2D eigenvalue weighted by atomic mass is 9.96. The average molecular weight is 414 g/mol. The second-order valence-electron chi connectivity index (χ2n) is 7.84. The van der Waals surface area contributed by atoms with Crippen LogP contribution in [0.3, 0.4) is 0 Å². The fourth-order valence-electron chi connectivity index (χ4n) is 3.72. The molecule has 1 saturated carbocycles. The second-order valence-corrected chi connectivity index (χ2v) is 7.84. The third-order valence-corrected chi connectivity index (χ3v) is 5.41. The van der Waals surface area contributed by atoms with E-state index in [9.17, 15) is 20.1 Å². The van der Waals surface area contributed by atoms with Crippen molar-refractivity contribution in [2.45, 2.75) is 70.2 Å². The molecule has 164 valence electrons. The highest BCUT2D eigenvalue weighted by Gasteiger charge is 2.35. The van der Waals surface area contributed by atoms with Gasteiger partial charge in [-0.05, 0) is 50.7 Å². The number of carbonyl (C=O) groups is 1.